The average Bonchev–Trinajstić information content (AvgIpc) is 2.55. The van der Waals surface area contributed by atoms with Gasteiger partial charge in [0.2, 0.25) is 0 Å². The molecule has 138 valence electrons. The van der Waals surface area contributed by atoms with Crippen LogP contribution in [0.1, 0.15) is 15.9 Å². The number of carbonyl (C=O) groups excluding carboxylic acids is 1. The van der Waals surface area contributed by atoms with Crippen LogP contribution < -0.4 is 4.72 Å². The molecular formula is C16H13Cl2NO6S. The van der Waals surface area contributed by atoms with E-state index in [4.69, 9.17) is 28.3 Å². The van der Waals surface area contributed by atoms with Gasteiger partial charge in [0.25, 0.3) is 10.0 Å². The Balaban J connectivity index is 2.35. The first-order valence-corrected chi connectivity index (χ1v) is 9.29. The number of methoxy groups -OCH3 is 1. The van der Waals surface area contributed by atoms with Gasteiger partial charge in [0, 0.05) is 5.69 Å². The topological polar surface area (TPSA) is 110 Å². The number of aliphatic carboxylic acids is 1. The van der Waals surface area contributed by atoms with Crippen molar-refractivity contribution in [3.8, 4) is 0 Å². The van der Waals surface area contributed by atoms with E-state index in [9.17, 15) is 18.0 Å². The Morgan fingerprint density at radius 3 is 2.27 bits per heavy atom. The second-order valence-corrected chi connectivity index (χ2v) is 7.59. The van der Waals surface area contributed by atoms with E-state index in [0.29, 0.717) is 5.56 Å². The maximum Gasteiger partial charge on any atom is 0.339 e. The number of carbonyl (C=O) groups is 2. The molecule has 0 atom stereocenters. The van der Waals surface area contributed by atoms with Gasteiger partial charge >= 0.3 is 11.9 Å². The average molecular weight is 418 g/mol. The lowest BCUT2D eigenvalue weighted by Gasteiger charge is -2.12. The molecule has 10 heteroatoms. The molecule has 0 unspecified atom stereocenters. The molecule has 0 aromatic heterocycles. The van der Waals surface area contributed by atoms with Crippen LogP contribution in [0.4, 0.5) is 5.69 Å². The number of benzene rings is 2. The van der Waals surface area contributed by atoms with Crippen LogP contribution >= 0.6 is 23.2 Å². The number of nitrogens with one attached hydrogen (secondary N) is 1. The smallest absolute Gasteiger partial charge is 0.339 e. The van der Waals surface area contributed by atoms with E-state index in [1.807, 2.05) is 0 Å². The molecule has 2 N–H and O–H groups in total. The van der Waals surface area contributed by atoms with Crippen molar-refractivity contribution in [2.24, 2.45) is 0 Å². The summed E-state index contributed by atoms with van der Waals surface area (Å²) in [4.78, 5) is 22.0. The quantitative estimate of drug-likeness (QED) is 0.698. The van der Waals surface area contributed by atoms with Gasteiger partial charge in [-0.05, 0) is 29.8 Å². The normalized spacial score (nSPS) is 11.0. The lowest BCUT2D eigenvalue weighted by molar-refractivity contribution is -0.136. The highest BCUT2D eigenvalue weighted by Gasteiger charge is 2.23. The Morgan fingerprint density at radius 1 is 1.12 bits per heavy atom. The van der Waals surface area contributed by atoms with Gasteiger partial charge in [0.1, 0.15) is 4.90 Å². The first-order valence-electron chi connectivity index (χ1n) is 7.05. The van der Waals surface area contributed by atoms with E-state index < -0.39 is 22.0 Å². The van der Waals surface area contributed by atoms with Crippen LogP contribution in [0.2, 0.25) is 10.0 Å². The Bertz CT molecular complexity index is 957. The molecule has 0 amide bonds. The van der Waals surface area contributed by atoms with Gasteiger partial charge in [-0.2, -0.15) is 0 Å². The molecule has 0 fully saturated rings. The number of carboxylic acid groups (broad SMARTS) is 1. The van der Waals surface area contributed by atoms with Crippen LogP contribution in [0.3, 0.4) is 0 Å². The maximum absolute atomic E-state index is 12.6. The van der Waals surface area contributed by atoms with Gasteiger partial charge in [-0.15, -0.1) is 0 Å². The zero-order valence-corrected chi connectivity index (χ0v) is 15.7. The zero-order chi connectivity index (χ0) is 19.5. The first-order chi connectivity index (χ1) is 12.1. The van der Waals surface area contributed by atoms with Crippen molar-refractivity contribution in [3.63, 3.8) is 0 Å². The number of esters is 1. The molecular weight excluding hydrogens is 405 g/mol. The monoisotopic (exact) mass is 417 g/mol. The second kappa shape index (κ2) is 7.94. The summed E-state index contributed by atoms with van der Waals surface area (Å²) in [6.45, 7) is 0. The minimum atomic E-state index is -4.13. The van der Waals surface area contributed by atoms with Crippen LogP contribution in [-0.2, 0) is 26.0 Å². The van der Waals surface area contributed by atoms with Crippen LogP contribution in [0.5, 0.6) is 0 Å². The summed E-state index contributed by atoms with van der Waals surface area (Å²) in [5, 5.41) is 8.53. The number of halogens is 2. The molecule has 2 aromatic carbocycles. The van der Waals surface area contributed by atoms with Crippen LogP contribution in [-0.4, -0.2) is 32.6 Å². The highest BCUT2D eigenvalue weighted by molar-refractivity contribution is 7.92. The third-order valence-corrected chi connectivity index (χ3v) is 5.44. The molecule has 0 spiro atoms. The SMILES string of the molecule is COC(=O)c1cc(S(=O)(=O)Nc2ccc(CC(=O)O)cc2)c(Cl)cc1Cl. The zero-order valence-electron chi connectivity index (χ0n) is 13.3. The Labute approximate surface area is 159 Å². The predicted molar refractivity (Wildman–Crippen MR) is 96.4 cm³/mol. The lowest BCUT2D eigenvalue weighted by atomic mass is 10.1. The van der Waals surface area contributed by atoms with Crippen molar-refractivity contribution in [1.29, 1.82) is 0 Å². The first kappa shape index (κ1) is 20.0. The summed E-state index contributed by atoms with van der Waals surface area (Å²) in [6.07, 6.45) is -0.182. The van der Waals surface area contributed by atoms with Gasteiger partial charge < -0.3 is 9.84 Å². The minimum absolute atomic E-state index is 0.0428. The van der Waals surface area contributed by atoms with Crippen LogP contribution in [0.15, 0.2) is 41.3 Å². The molecule has 0 aliphatic carbocycles. The van der Waals surface area contributed by atoms with E-state index in [2.05, 4.69) is 9.46 Å². The number of carboxylic acids is 1. The van der Waals surface area contributed by atoms with E-state index in [0.717, 1.165) is 19.2 Å². The lowest BCUT2D eigenvalue weighted by Crippen LogP contribution is -2.15. The van der Waals surface area contributed by atoms with E-state index in [1.165, 1.54) is 24.3 Å². The largest absolute Gasteiger partial charge is 0.481 e. The molecule has 2 rings (SSSR count). The Kier molecular flexibility index (Phi) is 6.12. The van der Waals surface area contributed by atoms with Gasteiger partial charge in [-0.3, -0.25) is 9.52 Å². The standard InChI is InChI=1S/C16H13Cl2NO6S/c1-25-16(22)11-7-14(13(18)8-12(11)17)26(23,24)19-10-4-2-9(3-5-10)6-15(20)21/h2-5,7-8,19H,6H2,1H3,(H,20,21). The van der Waals surface area contributed by atoms with Crippen molar-refractivity contribution in [1.82, 2.24) is 0 Å². The van der Waals surface area contributed by atoms with Crippen LogP contribution in [0.25, 0.3) is 0 Å². The van der Waals surface area contributed by atoms with Gasteiger partial charge in [0.15, 0.2) is 0 Å². The Hall–Kier alpha value is -2.29. The van der Waals surface area contributed by atoms with Crippen molar-refractivity contribution in [2.75, 3.05) is 11.8 Å². The number of rotatable bonds is 6. The van der Waals surface area contributed by atoms with Crippen molar-refractivity contribution < 1.29 is 27.9 Å². The highest BCUT2D eigenvalue weighted by Crippen LogP contribution is 2.30. The molecule has 0 saturated carbocycles. The summed E-state index contributed by atoms with van der Waals surface area (Å²) in [6, 6.07) is 7.96. The molecule has 0 saturated heterocycles. The molecule has 2 aromatic rings. The third kappa shape index (κ3) is 4.66. The van der Waals surface area contributed by atoms with Crippen molar-refractivity contribution in [3.05, 3.63) is 57.6 Å². The van der Waals surface area contributed by atoms with E-state index in [1.54, 1.807) is 0 Å². The van der Waals surface area contributed by atoms with E-state index in [-0.39, 0.29) is 32.6 Å². The fraction of sp³-hybridized carbons (Fsp3) is 0.125. The summed E-state index contributed by atoms with van der Waals surface area (Å²) in [5.41, 5.74) is 0.568. The third-order valence-electron chi connectivity index (χ3n) is 3.28. The predicted octanol–water partition coefficient (Wildman–Crippen LogP) is 3.21. The van der Waals surface area contributed by atoms with Crippen molar-refractivity contribution in [2.45, 2.75) is 11.3 Å². The molecule has 26 heavy (non-hydrogen) atoms. The fourth-order valence-corrected chi connectivity index (χ4v) is 3.99. The summed E-state index contributed by atoms with van der Waals surface area (Å²) in [5.74, 6) is -1.80. The van der Waals surface area contributed by atoms with Crippen molar-refractivity contribution >= 4 is 50.9 Å². The molecule has 0 aliphatic rings. The van der Waals surface area contributed by atoms with Gasteiger partial charge in [0.05, 0.1) is 29.1 Å². The highest BCUT2D eigenvalue weighted by atomic mass is 35.5. The number of hydrogen-bond donors (Lipinski definition) is 2. The van der Waals surface area contributed by atoms with E-state index >= 15 is 0 Å². The van der Waals surface area contributed by atoms with Gasteiger partial charge in [-0.1, -0.05) is 35.3 Å². The number of sulfonamides is 1. The molecule has 0 heterocycles. The van der Waals surface area contributed by atoms with Gasteiger partial charge in [-0.25, -0.2) is 13.2 Å². The second-order valence-electron chi connectivity index (χ2n) is 5.13. The number of anilines is 1. The minimum Gasteiger partial charge on any atom is -0.481 e. The molecule has 7 nitrogen and oxygen atoms in total. The van der Waals surface area contributed by atoms with Crippen LogP contribution in [0, 0.1) is 0 Å². The fourth-order valence-electron chi connectivity index (χ4n) is 2.08. The molecule has 0 aliphatic heterocycles. The molecule has 0 radical (unpaired) electrons. The molecule has 0 bridgehead atoms. The number of hydrogen-bond acceptors (Lipinski definition) is 5. The number of ether oxygens (including phenoxy) is 1. The maximum atomic E-state index is 12.6. The summed E-state index contributed by atoms with van der Waals surface area (Å²) >= 11 is 11.9. The summed E-state index contributed by atoms with van der Waals surface area (Å²) in [7, 11) is -2.99. The summed E-state index contributed by atoms with van der Waals surface area (Å²) < 4.78 is 32.0. The Morgan fingerprint density at radius 2 is 1.73 bits per heavy atom.